The molecule has 0 atom stereocenters. The maximum atomic E-state index is 12.2. The van der Waals surface area contributed by atoms with E-state index in [0.717, 1.165) is 44.7 Å². The summed E-state index contributed by atoms with van der Waals surface area (Å²) in [4.78, 5) is 12.2. The lowest BCUT2D eigenvalue weighted by Gasteiger charge is -2.23. The molecule has 0 bridgehead atoms. The standard InChI is InChI=1S/C17H25N3O/c21-17(15-7-11-19-12-8-15)20-16-3-1-13(2-4-16)14-5-9-18-10-6-14/h1-4,14-15,18-19H,5-12H2,(H,20,21). The van der Waals surface area contributed by atoms with Crippen molar-refractivity contribution in [3.63, 3.8) is 0 Å². The molecule has 0 saturated carbocycles. The number of hydrogen-bond acceptors (Lipinski definition) is 3. The SMILES string of the molecule is O=C(Nc1ccc(C2CCNCC2)cc1)C1CCNCC1. The lowest BCUT2D eigenvalue weighted by Crippen LogP contribution is -2.34. The predicted molar refractivity (Wildman–Crippen MR) is 85.5 cm³/mol. The average Bonchev–Trinajstić information content (AvgIpc) is 2.57. The fraction of sp³-hybridized carbons (Fsp3) is 0.588. The van der Waals surface area contributed by atoms with Gasteiger partial charge in [0.25, 0.3) is 0 Å². The molecule has 1 aromatic carbocycles. The molecule has 0 aliphatic carbocycles. The van der Waals surface area contributed by atoms with Gasteiger partial charge in [-0.2, -0.15) is 0 Å². The molecule has 114 valence electrons. The average molecular weight is 287 g/mol. The number of rotatable bonds is 3. The van der Waals surface area contributed by atoms with Crippen molar-refractivity contribution in [1.29, 1.82) is 0 Å². The molecule has 3 rings (SSSR count). The largest absolute Gasteiger partial charge is 0.326 e. The highest BCUT2D eigenvalue weighted by molar-refractivity contribution is 5.92. The lowest BCUT2D eigenvalue weighted by molar-refractivity contribution is -0.120. The first-order valence-electron chi connectivity index (χ1n) is 8.15. The second-order valence-corrected chi connectivity index (χ2v) is 6.16. The Hall–Kier alpha value is -1.39. The third-order valence-corrected chi connectivity index (χ3v) is 4.70. The number of nitrogens with one attached hydrogen (secondary N) is 3. The Morgan fingerprint density at radius 3 is 2.10 bits per heavy atom. The topological polar surface area (TPSA) is 53.2 Å². The van der Waals surface area contributed by atoms with Crippen LogP contribution in [0, 0.1) is 5.92 Å². The Labute approximate surface area is 126 Å². The summed E-state index contributed by atoms with van der Waals surface area (Å²) in [6, 6.07) is 8.45. The molecule has 2 aliphatic heterocycles. The number of amides is 1. The van der Waals surface area contributed by atoms with E-state index in [1.54, 1.807) is 0 Å². The molecular weight excluding hydrogens is 262 g/mol. The third-order valence-electron chi connectivity index (χ3n) is 4.70. The van der Waals surface area contributed by atoms with Crippen LogP contribution in [-0.4, -0.2) is 32.1 Å². The van der Waals surface area contributed by atoms with Crippen LogP contribution in [0.5, 0.6) is 0 Å². The van der Waals surface area contributed by atoms with E-state index in [4.69, 9.17) is 0 Å². The molecule has 1 aromatic rings. The van der Waals surface area contributed by atoms with E-state index >= 15 is 0 Å². The molecule has 4 heteroatoms. The third kappa shape index (κ3) is 3.83. The van der Waals surface area contributed by atoms with Gasteiger partial charge in [-0.05, 0) is 75.5 Å². The van der Waals surface area contributed by atoms with E-state index in [9.17, 15) is 4.79 Å². The van der Waals surface area contributed by atoms with Gasteiger partial charge in [0.05, 0.1) is 0 Å². The zero-order valence-electron chi connectivity index (χ0n) is 12.5. The Balaban J connectivity index is 1.57. The summed E-state index contributed by atoms with van der Waals surface area (Å²) in [7, 11) is 0. The van der Waals surface area contributed by atoms with Crippen molar-refractivity contribution in [1.82, 2.24) is 10.6 Å². The van der Waals surface area contributed by atoms with Gasteiger partial charge < -0.3 is 16.0 Å². The van der Waals surface area contributed by atoms with Gasteiger partial charge in [-0.25, -0.2) is 0 Å². The smallest absolute Gasteiger partial charge is 0.227 e. The van der Waals surface area contributed by atoms with Crippen LogP contribution >= 0.6 is 0 Å². The number of carbonyl (C=O) groups is 1. The quantitative estimate of drug-likeness (QED) is 0.798. The summed E-state index contributed by atoms with van der Waals surface area (Å²) in [5, 5.41) is 9.75. The maximum absolute atomic E-state index is 12.2. The highest BCUT2D eigenvalue weighted by Gasteiger charge is 2.21. The molecule has 2 aliphatic rings. The van der Waals surface area contributed by atoms with E-state index in [2.05, 4.69) is 40.2 Å². The summed E-state index contributed by atoms with van der Waals surface area (Å²) in [5.74, 6) is 1.00. The molecule has 4 nitrogen and oxygen atoms in total. The second-order valence-electron chi connectivity index (χ2n) is 6.16. The van der Waals surface area contributed by atoms with E-state index in [1.165, 1.54) is 18.4 Å². The van der Waals surface area contributed by atoms with Gasteiger partial charge >= 0.3 is 0 Å². The van der Waals surface area contributed by atoms with Crippen LogP contribution in [0.4, 0.5) is 5.69 Å². The van der Waals surface area contributed by atoms with Crippen molar-refractivity contribution in [2.24, 2.45) is 5.92 Å². The van der Waals surface area contributed by atoms with Crippen molar-refractivity contribution >= 4 is 11.6 Å². The Bertz CT molecular complexity index is 459. The minimum atomic E-state index is 0.162. The monoisotopic (exact) mass is 287 g/mol. The van der Waals surface area contributed by atoms with E-state index in [-0.39, 0.29) is 11.8 Å². The Morgan fingerprint density at radius 1 is 0.905 bits per heavy atom. The fourth-order valence-electron chi connectivity index (χ4n) is 3.32. The minimum absolute atomic E-state index is 0.162. The molecule has 2 heterocycles. The van der Waals surface area contributed by atoms with Gasteiger partial charge in [0, 0.05) is 11.6 Å². The molecule has 0 spiro atoms. The predicted octanol–water partition coefficient (Wildman–Crippen LogP) is 2.09. The molecule has 21 heavy (non-hydrogen) atoms. The van der Waals surface area contributed by atoms with E-state index in [0.29, 0.717) is 5.92 Å². The summed E-state index contributed by atoms with van der Waals surface area (Å²) < 4.78 is 0. The van der Waals surface area contributed by atoms with Crippen molar-refractivity contribution in [2.45, 2.75) is 31.6 Å². The van der Waals surface area contributed by atoms with Crippen molar-refractivity contribution in [2.75, 3.05) is 31.5 Å². The van der Waals surface area contributed by atoms with Gasteiger partial charge in [-0.1, -0.05) is 12.1 Å². The highest BCUT2D eigenvalue weighted by atomic mass is 16.1. The second kappa shape index (κ2) is 7.05. The van der Waals surface area contributed by atoms with Crippen LogP contribution in [0.1, 0.15) is 37.2 Å². The molecule has 0 aromatic heterocycles. The molecular formula is C17H25N3O. The summed E-state index contributed by atoms with van der Waals surface area (Å²) in [5.41, 5.74) is 2.33. The number of benzene rings is 1. The number of hydrogen-bond donors (Lipinski definition) is 3. The normalized spacial score (nSPS) is 21.1. The molecule has 2 fully saturated rings. The molecule has 3 N–H and O–H groups in total. The molecule has 2 saturated heterocycles. The summed E-state index contributed by atoms with van der Waals surface area (Å²) >= 11 is 0. The molecule has 0 unspecified atom stereocenters. The van der Waals surface area contributed by atoms with Gasteiger partial charge in [0.15, 0.2) is 0 Å². The van der Waals surface area contributed by atoms with Gasteiger partial charge in [0.2, 0.25) is 5.91 Å². The minimum Gasteiger partial charge on any atom is -0.326 e. The van der Waals surface area contributed by atoms with Crippen LogP contribution in [0.15, 0.2) is 24.3 Å². The highest BCUT2D eigenvalue weighted by Crippen LogP contribution is 2.26. The van der Waals surface area contributed by atoms with Crippen molar-refractivity contribution in [3.05, 3.63) is 29.8 Å². The first-order valence-corrected chi connectivity index (χ1v) is 8.15. The van der Waals surface area contributed by atoms with Crippen LogP contribution in [0.3, 0.4) is 0 Å². The van der Waals surface area contributed by atoms with Gasteiger partial charge in [-0.15, -0.1) is 0 Å². The van der Waals surface area contributed by atoms with Crippen LogP contribution in [-0.2, 0) is 4.79 Å². The van der Waals surface area contributed by atoms with Crippen LogP contribution in [0.2, 0.25) is 0 Å². The zero-order chi connectivity index (χ0) is 14.5. The Morgan fingerprint density at radius 2 is 1.48 bits per heavy atom. The van der Waals surface area contributed by atoms with Crippen molar-refractivity contribution in [3.8, 4) is 0 Å². The van der Waals surface area contributed by atoms with E-state index in [1.807, 2.05) is 0 Å². The number of piperidine rings is 2. The molecule has 0 radical (unpaired) electrons. The lowest BCUT2D eigenvalue weighted by atomic mass is 9.90. The van der Waals surface area contributed by atoms with Crippen molar-refractivity contribution < 1.29 is 4.79 Å². The summed E-state index contributed by atoms with van der Waals surface area (Å²) in [6.07, 6.45) is 4.31. The fourth-order valence-corrected chi connectivity index (χ4v) is 3.32. The molecule has 1 amide bonds. The first-order chi connectivity index (χ1) is 10.3. The number of anilines is 1. The zero-order valence-corrected chi connectivity index (χ0v) is 12.5. The maximum Gasteiger partial charge on any atom is 0.227 e. The number of carbonyl (C=O) groups excluding carboxylic acids is 1. The van der Waals surface area contributed by atoms with Crippen LogP contribution < -0.4 is 16.0 Å². The van der Waals surface area contributed by atoms with Gasteiger partial charge in [0.1, 0.15) is 0 Å². The van der Waals surface area contributed by atoms with Crippen LogP contribution in [0.25, 0.3) is 0 Å². The summed E-state index contributed by atoms with van der Waals surface area (Å²) in [6.45, 7) is 4.12. The first kappa shape index (κ1) is 14.5. The Kier molecular flexibility index (Phi) is 4.88. The van der Waals surface area contributed by atoms with Gasteiger partial charge in [-0.3, -0.25) is 4.79 Å². The van der Waals surface area contributed by atoms with E-state index < -0.39 is 0 Å².